The standard InChI is InChI=1S/C17H26N2O3.ClH/c1-4-10-22-15-8-7-13(11-16(15)21-3)12(2)19-17(20)14-6-5-9-18-14;/h7-8,11-12,14,18H,4-6,9-10H2,1-3H3,(H,19,20);1H. The molecule has 1 fully saturated rings. The third kappa shape index (κ3) is 5.29. The van der Waals surface area contributed by atoms with E-state index < -0.39 is 0 Å². The predicted octanol–water partition coefficient (Wildman–Crippen LogP) is 2.84. The molecule has 1 aliphatic rings. The summed E-state index contributed by atoms with van der Waals surface area (Å²) >= 11 is 0. The van der Waals surface area contributed by atoms with Crippen LogP contribution in [0.1, 0.15) is 44.7 Å². The van der Waals surface area contributed by atoms with Crippen LogP contribution in [-0.2, 0) is 4.79 Å². The normalized spacial score (nSPS) is 18.0. The Hall–Kier alpha value is -1.46. The largest absolute Gasteiger partial charge is 0.493 e. The van der Waals surface area contributed by atoms with Gasteiger partial charge in [-0.2, -0.15) is 0 Å². The van der Waals surface area contributed by atoms with Gasteiger partial charge in [0.1, 0.15) is 0 Å². The molecular weight excluding hydrogens is 316 g/mol. The Balaban J connectivity index is 0.00000264. The fraction of sp³-hybridized carbons (Fsp3) is 0.588. The van der Waals surface area contributed by atoms with Crippen LogP contribution in [0.15, 0.2) is 18.2 Å². The highest BCUT2D eigenvalue weighted by Crippen LogP contribution is 2.30. The predicted molar refractivity (Wildman–Crippen MR) is 93.6 cm³/mol. The lowest BCUT2D eigenvalue weighted by atomic mass is 10.1. The number of amides is 1. The van der Waals surface area contributed by atoms with Crippen LogP contribution in [0.5, 0.6) is 11.5 Å². The quantitative estimate of drug-likeness (QED) is 0.800. The molecule has 1 aromatic carbocycles. The van der Waals surface area contributed by atoms with Gasteiger partial charge in [0.05, 0.1) is 25.8 Å². The SMILES string of the molecule is CCCOc1ccc(C(C)NC(=O)C2CCCN2)cc1OC.Cl. The molecule has 0 saturated carbocycles. The second kappa shape index (κ2) is 9.63. The number of rotatable bonds is 7. The number of nitrogens with one attached hydrogen (secondary N) is 2. The zero-order valence-electron chi connectivity index (χ0n) is 14.1. The van der Waals surface area contributed by atoms with Crippen molar-refractivity contribution >= 4 is 18.3 Å². The molecular formula is C17H27ClN2O3. The van der Waals surface area contributed by atoms with E-state index in [0.29, 0.717) is 12.4 Å². The number of hydrogen-bond acceptors (Lipinski definition) is 4. The van der Waals surface area contributed by atoms with Crippen LogP contribution in [0.2, 0.25) is 0 Å². The Morgan fingerprint density at radius 3 is 2.83 bits per heavy atom. The lowest BCUT2D eigenvalue weighted by molar-refractivity contribution is -0.123. The number of methoxy groups -OCH3 is 1. The maximum Gasteiger partial charge on any atom is 0.237 e. The van der Waals surface area contributed by atoms with Crippen molar-refractivity contribution in [2.45, 2.75) is 45.2 Å². The van der Waals surface area contributed by atoms with Crippen molar-refractivity contribution in [1.29, 1.82) is 0 Å². The first kappa shape index (κ1) is 19.6. The molecule has 0 radical (unpaired) electrons. The van der Waals surface area contributed by atoms with Crippen LogP contribution in [0.3, 0.4) is 0 Å². The summed E-state index contributed by atoms with van der Waals surface area (Å²) in [7, 11) is 1.63. The highest BCUT2D eigenvalue weighted by Gasteiger charge is 2.23. The monoisotopic (exact) mass is 342 g/mol. The molecule has 2 unspecified atom stereocenters. The van der Waals surface area contributed by atoms with E-state index >= 15 is 0 Å². The summed E-state index contributed by atoms with van der Waals surface area (Å²) < 4.78 is 11.0. The number of benzene rings is 1. The Labute approximate surface area is 144 Å². The summed E-state index contributed by atoms with van der Waals surface area (Å²) in [5.41, 5.74) is 1.01. The van der Waals surface area contributed by atoms with E-state index in [0.717, 1.165) is 37.1 Å². The molecule has 2 atom stereocenters. The summed E-state index contributed by atoms with van der Waals surface area (Å²) in [4.78, 5) is 12.2. The average Bonchev–Trinajstić information content (AvgIpc) is 3.07. The molecule has 0 aliphatic carbocycles. The van der Waals surface area contributed by atoms with E-state index in [1.54, 1.807) is 7.11 Å². The van der Waals surface area contributed by atoms with Crippen molar-refractivity contribution in [3.05, 3.63) is 23.8 Å². The van der Waals surface area contributed by atoms with Crippen molar-refractivity contribution < 1.29 is 14.3 Å². The summed E-state index contributed by atoms with van der Waals surface area (Å²) in [6.45, 7) is 5.63. The summed E-state index contributed by atoms with van der Waals surface area (Å²) in [5.74, 6) is 1.51. The molecule has 5 nitrogen and oxygen atoms in total. The third-order valence-corrected chi connectivity index (χ3v) is 3.88. The maximum absolute atomic E-state index is 12.2. The first-order valence-corrected chi connectivity index (χ1v) is 8.00. The molecule has 0 spiro atoms. The molecule has 6 heteroatoms. The van der Waals surface area contributed by atoms with Crippen LogP contribution in [0.4, 0.5) is 0 Å². The van der Waals surface area contributed by atoms with E-state index in [9.17, 15) is 4.79 Å². The number of halogens is 1. The smallest absolute Gasteiger partial charge is 0.237 e. The Morgan fingerprint density at radius 2 is 2.22 bits per heavy atom. The minimum atomic E-state index is -0.0657. The fourth-order valence-corrected chi connectivity index (χ4v) is 2.59. The number of ether oxygens (including phenoxy) is 2. The van der Waals surface area contributed by atoms with Gasteiger partial charge >= 0.3 is 0 Å². The maximum atomic E-state index is 12.2. The molecule has 1 heterocycles. The van der Waals surface area contributed by atoms with E-state index in [1.165, 1.54) is 0 Å². The zero-order chi connectivity index (χ0) is 15.9. The molecule has 2 N–H and O–H groups in total. The Kier molecular flexibility index (Phi) is 8.20. The molecule has 1 aliphatic heterocycles. The molecule has 2 rings (SSSR count). The minimum Gasteiger partial charge on any atom is -0.493 e. The first-order chi connectivity index (χ1) is 10.7. The molecule has 1 saturated heterocycles. The van der Waals surface area contributed by atoms with Crippen molar-refractivity contribution in [3.8, 4) is 11.5 Å². The molecule has 1 amide bonds. The van der Waals surface area contributed by atoms with Gasteiger partial charge < -0.3 is 20.1 Å². The van der Waals surface area contributed by atoms with Crippen molar-refractivity contribution in [2.24, 2.45) is 0 Å². The van der Waals surface area contributed by atoms with Crippen molar-refractivity contribution in [3.63, 3.8) is 0 Å². The van der Waals surface area contributed by atoms with Gasteiger partial charge in [-0.3, -0.25) is 4.79 Å². The number of carbonyl (C=O) groups excluding carboxylic acids is 1. The molecule has 1 aromatic rings. The van der Waals surface area contributed by atoms with Gasteiger partial charge in [0, 0.05) is 0 Å². The lowest BCUT2D eigenvalue weighted by Crippen LogP contribution is -2.41. The van der Waals surface area contributed by atoms with Gasteiger partial charge in [0.2, 0.25) is 5.91 Å². The van der Waals surface area contributed by atoms with Gasteiger partial charge in [-0.05, 0) is 50.4 Å². The molecule has 0 aromatic heterocycles. The van der Waals surface area contributed by atoms with Gasteiger partial charge in [-0.1, -0.05) is 13.0 Å². The number of carbonyl (C=O) groups is 1. The van der Waals surface area contributed by atoms with Gasteiger partial charge in [-0.25, -0.2) is 0 Å². The minimum absolute atomic E-state index is 0. The topological polar surface area (TPSA) is 59.6 Å². The van der Waals surface area contributed by atoms with Crippen LogP contribution in [-0.4, -0.2) is 32.2 Å². The van der Waals surface area contributed by atoms with Gasteiger partial charge in [0.25, 0.3) is 0 Å². The molecule has 0 bridgehead atoms. The van der Waals surface area contributed by atoms with E-state index in [4.69, 9.17) is 9.47 Å². The van der Waals surface area contributed by atoms with Gasteiger partial charge in [0.15, 0.2) is 11.5 Å². The average molecular weight is 343 g/mol. The lowest BCUT2D eigenvalue weighted by Gasteiger charge is -2.19. The zero-order valence-corrected chi connectivity index (χ0v) is 14.9. The summed E-state index contributed by atoms with van der Waals surface area (Å²) in [6.07, 6.45) is 2.92. The van der Waals surface area contributed by atoms with Crippen molar-refractivity contribution in [1.82, 2.24) is 10.6 Å². The molecule has 130 valence electrons. The highest BCUT2D eigenvalue weighted by molar-refractivity contribution is 5.85. The van der Waals surface area contributed by atoms with Crippen LogP contribution < -0.4 is 20.1 Å². The second-order valence-electron chi connectivity index (χ2n) is 5.64. The molecule has 23 heavy (non-hydrogen) atoms. The van der Waals surface area contributed by atoms with Crippen molar-refractivity contribution in [2.75, 3.05) is 20.3 Å². The third-order valence-electron chi connectivity index (χ3n) is 3.88. The van der Waals surface area contributed by atoms with Crippen LogP contribution in [0.25, 0.3) is 0 Å². The second-order valence-corrected chi connectivity index (χ2v) is 5.64. The van der Waals surface area contributed by atoms with E-state index in [-0.39, 0.29) is 30.4 Å². The number of hydrogen-bond donors (Lipinski definition) is 2. The Bertz CT molecular complexity index is 505. The summed E-state index contributed by atoms with van der Waals surface area (Å²) in [6, 6.07) is 5.68. The van der Waals surface area contributed by atoms with Crippen LogP contribution in [0, 0.1) is 0 Å². The van der Waals surface area contributed by atoms with Crippen LogP contribution >= 0.6 is 12.4 Å². The first-order valence-electron chi connectivity index (χ1n) is 8.00. The van der Waals surface area contributed by atoms with E-state index in [2.05, 4.69) is 17.6 Å². The summed E-state index contributed by atoms with van der Waals surface area (Å²) in [5, 5.41) is 6.27. The highest BCUT2D eigenvalue weighted by atomic mass is 35.5. The fourth-order valence-electron chi connectivity index (χ4n) is 2.59. The van der Waals surface area contributed by atoms with E-state index in [1.807, 2.05) is 25.1 Å². The Morgan fingerprint density at radius 1 is 1.43 bits per heavy atom. The van der Waals surface area contributed by atoms with Gasteiger partial charge in [-0.15, -0.1) is 12.4 Å².